The number of thioether (sulfide) groups is 1. The molecule has 1 aliphatic heterocycles. The van der Waals surface area contributed by atoms with Gasteiger partial charge in [0.25, 0.3) is 5.91 Å². The van der Waals surface area contributed by atoms with Crippen LogP contribution in [0, 0.1) is 13.8 Å². The molecule has 1 aliphatic rings. The third kappa shape index (κ3) is 4.90. The van der Waals surface area contributed by atoms with Gasteiger partial charge >= 0.3 is 0 Å². The van der Waals surface area contributed by atoms with Gasteiger partial charge in [-0.3, -0.25) is 14.2 Å². The lowest BCUT2D eigenvalue weighted by molar-refractivity contribution is -0.116. The van der Waals surface area contributed by atoms with E-state index in [-0.39, 0.29) is 24.1 Å². The quantitative estimate of drug-likeness (QED) is 0.381. The number of carbonyl (C=O) groups is 2. The van der Waals surface area contributed by atoms with Gasteiger partial charge in [0.15, 0.2) is 11.0 Å². The van der Waals surface area contributed by atoms with Crippen molar-refractivity contribution in [1.29, 1.82) is 0 Å². The van der Waals surface area contributed by atoms with Crippen molar-refractivity contribution in [1.82, 2.24) is 20.1 Å². The fraction of sp³-hybridized carbons (Fsp3) is 0.214. The highest BCUT2D eigenvalue weighted by atomic mass is 32.2. The Hall–Kier alpha value is -3.91. The molecule has 182 valence electrons. The van der Waals surface area contributed by atoms with Crippen LogP contribution in [0.25, 0.3) is 5.69 Å². The summed E-state index contributed by atoms with van der Waals surface area (Å²) in [5.41, 5.74) is 5.86. The number of aromatic nitrogens is 3. The van der Waals surface area contributed by atoms with Gasteiger partial charge in [0.2, 0.25) is 5.91 Å². The smallest absolute Gasteiger partial charge is 0.251 e. The first kappa shape index (κ1) is 23.8. The zero-order valence-electron chi connectivity index (χ0n) is 20.3. The van der Waals surface area contributed by atoms with E-state index in [1.54, 1.807) is 12.1 Å². The molecule has 0 saturated carbocycles. The van der Waals surface area contributed by atoms with Crippen LogP contribution in [0.2, 0.25) is 0 Å². The summed E-state index contributed by atoms with van der Waals surface area (Å²) in [5, 5.41) is 12.4. The van der Waals surface area contributed by atoms with E-state index in [9.17, 15) is 9.59 Å². The lowest BCUT2D eigenvalue weighted by Crippen LogP contribution is -2.30. The van der Waals surface area contributed by atoms with Crippen LogP contribution < -0.4 is 10.2 Å². The first-order valence-electron chi connectivity index (χ1n) is 11.9. The number of amides is 2. The topological polar surface area (TPSA) is 80.1 Å². The molecule has 5 rings (SSSR count). The molecule has 8 heteroatoms. The molecule has 36 heavy (non-hydrogen) atoms. The highest BCUT2D eigenvalue weighted by Gasteiger charge is 2.25. The molecule has 3 aromatic carbocycles. The van der Waals surface area contributed by atoms with Gasteiger partial charge in [-0.2, -0.15) is 0 Å². The summed E-state index contributed by atoms with van der Waals surface area (Å²) in [6.07, 6.45) is 0.872. The van der Waals surface area contributed by atoms with E-state index in [1.165, 1.54) is 17.3 Å². The molecule has 0 bridgehead atoms. The van der Waals surface area contributed by atoms with Gasteiger partial charge < -0.3 is 10.2 Å². The van der Waals surface area contributed by atoms with Crippen molar-refractivity contribution in [2.45, 2.75) is 32.0 Å². The molecule has 0 fully saturated rings. The first-order valence-corrected chi connectivity index (χ1v) is 12.9. The number of para-hydroxylation sites is 1. The lowest BCUT2D eigenvalue weighted by Gasteiger charge is -2.17. The third-order valence-electron chi connectivity index (χ3n) is 6.26. The monoisotopic (exact) mass is 497 g/mol. The number of benzene rings is 3. The largest absolute Gasteiger partial charge is 0.345 e. The number of hydrogen-bond donors (Lipinski definition) is 1. The normalized spacial score (nSPS) is 12.4. The second kappa shape index (κ2) is 10.4. The number of fused-ring (bicyclic) bond motifs is 1. The number of rotatable bonds is 7. The van der Waals surface area contributed by atoms with Gasteiger partial charge in [-0.05, 0) is 61.2 Å². The molecule has 2 heterocycles. The molecule has 0 spiro atoms. The van der Waals surface area contributed by atoms with Crippen molar-refractivity contribution in [3.8, 4) is 5.69 Å². The van der Waals surface area contributed by atoms with Crippen LogP contribution in [0.5, 0.6) is 0 Å². The Kier molecular flexibility index (Phi) is 6.86. The number of nitrogens with one attached hydrogen (secondary N) is 1. The Bertz CT molecular complexity index is 1420. The second-order valence-corrected chi connectivity index (χ2v) is 9.73. The summed E-state index contributed by atoms with van der Waals surface area (Å²) in [6, 6.07) is 23.3. The summed E-state index contributed by atoms with van der Waals surface area (Å²) in [4.78, 5) is 27.6. The van der Waals surface area contributed by atoms with Crippen LogP contribution in [0.3, 0.4) is 0 Å². The van der Waals surface area contributed by atoms with Crippen molar-refractivity contribution in [3.63, 3.8) is 0 Å². The molecule has 0 radical (unpaired) electrons. The van der Waals surface area contributed by atoms with Crippen molar-refractivity contribution in [2.75, 3.05) is 17.2 Å². The Morgan fingerprint density at radius 1 is 0.944 bits per heavy atom. The van der Waals surface area contributed by atoms with E-state index in [1.807, 2.05) is 59.7 Å². The van der Waals surface area contributed by atoms with Gasteiger partial charge in [0.05, 0.1) is 18.0 Å². The van der Waals surface area contributed by atoms with Crippen LogP contribution in [0.1, 0.15) is 32.9 Å². The number of nitrogens with zero attached hydrogens (tertiary/aromatic N) is 4. The van der Waals surface area contributed by atoms with Gasteiger partial charge in [-0.1, -0.05) is 60.3 Å². The second-order valence-electron chi connectivity index (χ2n) is 8.79. The Morgan fingerprint density at radius 2 is 1.72 bits per heavy atom. The summed E-state index contributed by atoms with van der Waals surface area (Å²) in [7, 11) is 0. The fourth-order valence-electron chi connectivity index (χ4n) is 4.36. The average molecular weight is 498 g/mol. The Labute approximate surface area is 214 Å². The van der Waals surface area contributed by atoms with Crippen molar-refractivity contribution in [3.05, 3.63) is 101 Å². The summed E-state index contributed by atoms with van der Waals surface area (Å²) in [5.74, 6) is 0.713. The Morgan fingerprint density at radius 3 is 2.56 bits per heavy atom. The van der Waals surface area contributed by atoms with Crippen LogP contribution in [0.4, 0.5) is 5.69 Å². The van der Waals surface area contributed by atoms with E-state index < -0.39 is 0 Å². The maximum Gasteiger partial charge on any atom is 0.251 e. The minimum absolute atomic E-state index is 0.0411. The highest BCUT2D eigenvalue weighted by Crippen LogP contribution is 2.30. The van der Waals surface area contributed by atoms with Gasteiger partial charge in [-0.25, -0.2) is 0 Å². The summed E-state index contributed by atoms with van der Waals surface area (Å²) < 4.78 is 1.95. The van der Waals surface area contributed by atoms with E-state index in [2.05, 4.69) is 39.8 Å². The van der Waals surface area contributed by atoms with Crippen LogP contribution in [0.15, 0.2) is 78.0 Å². The fourth-order valence-corrected chi connectivity index (χ4v) is 5.20. The lowest BCUT2D eigenvalue weighted by atomic mass is 10.1. The summed E-state index contributed by atoms with van der Waals surface area (Å²) in [6.45, 7) is 4.97. The van der Waals surface area contributed by atoms with Gasteiger partial charge in [-0.15, -0.1) is 10.2 Å². The van der Waals surface area contributed by atoms with E-state index in [0.29, 0.717) is 23.1 Å². The maximum atomic E-state index is 13.1. The molecular weight excluding hydrogens is 470 g/mol. The van der Waals surface area contributed by atoms with Crippen molar-refractivity contribution in [2.24, 2.45) is 0 Å². The maximum absolute atomic E-state index is 13.1. The van der Waals surface area contributed by atoms with Crippen LogP contribution in [-0.2, 0) is 17.8 Å². The molecule has 0 saturated heterocycles. The molecule has 1 N–H and O–H groups in total. The highest BCUT2D eigenvalue weighted by molar-refractivity contribution is 7.99. The van der Waals surface area contributed by atoms with Crippen LogP contribution >= 0.6 is 11.8 Å². The first-order chi connectivity index (χ1) is 17.5. The van der Waals surface area contributed by atoms with Crippen molar-refractivity contribution < 1.29 is 9.59 Å². The molecule has 4 aromatic rings. The molecule has 0 atom stereocenters. The minimum Gasteiger partial charge on any atom is -0.345 e. The predicted octanol–water partition coefficient (Wildman–Crippen LogP) is 4.50. The standard InChI is InChI=1S/C28H27N5O2S/c1-19-12-13-20(2)24(16-19)33-25(17-29-27(35)22-9-4-3-5-10-22)30-31-28(33)36-18-26(34)32-15-14-21-8-6-7-11-23(21)32/h3-13,16H,14-15,17-18H2,1-2H3,(H,29,35). The number of carbonyl (C=O) groups excluding carboxylic acids is 2. The van der Waals surface area contributed by atoms with Gasteiger partial charge in [0.1, 0.15) is 0 Å². The van der Waals surface area contributed by atoms with Gasteiger partial charge in [0, 0.05) is 17.8 Å². The molecule has 1 aromatic heterocycles. The Balaban J connectivity index is 1.38. The molecule has 0 aliphatic carbocycles. The predicted molar refractivity (Wildman–Crippen MR) is 142 cm³/mol. The van der Waals surface area contributed by atoms with Crippen molar-refractivity contribution >= 4 is 29.3 Å². The van der Waals surface area contributed by atoms with E-state index >= 15 is 0 Å². The molecule has 2 amide bonds. The van der Waals surface area contributed by atoms with E-state index in [0.717, 1.165) is 28.9 Å². The van der Waals surface area contributed by atoms with Crippen LogP contribution in [-0.4, -0.2) is 38.9 Å². The van der Waals surface area contributed by atoms with E-state index in [4.69, 9.17) is 0 Å². The number of aryl methyl sites for hydroxylation is 2. The molecule has 7 nitrogen and oxygen atoms in total. The number of anilines is 1. The summed E-state index contributed by atoms with van der Waals surface area (Å²) >= 11 is 1.36. The SMILES string of the molecule is Cc1ccc(C)c(-n2c(CNC(=O)c3ccccc3)nnc2SCC(=O)N2CCc3ccccc32)c1. The number of hydrogen-bond acceptors (Lipinski definition) is 5. The zero-order chi connectivity index (χ0) is 25.1. The molecule has 0 unspecified atom stereocenters. The third-order valence-corrected chi connectivity index (χ3v) is 7.18. The minimum atomic E-state index is -0.178. The average Bonchev–Trinajstić information content (AvgIpc) is 3.52. The molecular formula is C28H27N5O2S. The zero-order valence-corrected chi connectivity index (χ0v) is 21.1.